The largest absolute Gasteiger partial charge is 0.330 e. The number of hydrogen-bond acceptors (Lipinski definition) is 7. The van der Waals surface area contributed by atoms with Gasteiger partial charge in [-0.2, -0.15) is 0 Å². The van der Waals surface area contributed by atoms with Crippen LogP contribution in [-0.2, 0) is 35.2 Å². The molecule has 0 spiro atoms. The van der Waals surface area contributed by atoms with Crippen molar-refractivity contribution < 1.29 is 28.8 Å². The van der Waals surface area contributed by atoms with Crippen molar-refractivity contribution in [1.82, 2.24) is 10.2 Å². The van der Waals surface area contributed by atoms with E-state index in [0.717, 1.165) is 12.1 Å². The average molecular weight is 458 g/mol. The number of carbonyl (C=O) groups is 6. The quantitative estimate of drug-likeness (QED) is 0.603. The van der Waals surface area contributed by atoms with Gasteiger partial charge in [0.25, 0.3) is 0 Å². The normalized spacial score (nSPS) is 16.9. The first-order chi connectivity index (χ1) is 15.6. The maximum atomic E-state index is 11.9. The Kier molecular flexibility index (Phi) is 9.59. The number of nitrogens with one attached hydrogen (secondary N) is 1. The number of piperazine rings is 1. The molecule has 1 saturated heterocycles. The van der Waals surface area contributed by atoms with Gasteiger partial charge in [-0.1, -0.05) is 18.2 Å². The Labute approximate surface area is 193 Å². The van der Waals surface area contributed by atoms with E-state index in [9.17, 15) is 28.8 Å². The maximum Gasteiger partial charge on any atom is 0.234 e. The van der Waals surface area contributed by atoms with Crippen LogP contribution >= 0.6 is 0 Å². The van der Waals surface area contributed by atoms with Gasteiger partial charge < -0.3 is 15.1 Å². The number of Topliss-reactive ketones (excluding diaryl/α,β-unsaturated/α-hetero) is 4. The van der Waals surface area contributed by atoms with Gasteiger partial charge >= 0.3 is 0 Å². The van der Waals surface area contributed by atoms with E-state index in [0.29, 0.717) is 26.2 Å². The van der Waals surface area contributed by atoms with Gasteiger partial charge in [0.05, 0.1) is 19.3 Å². The molecule has 2 amide bonds. The molecule has 2 aliphatic heterocycles. The average Bonchev–Trinajstić information content (AvgIpc) is 3.17. The fourth-order valence-electron chi connectivity index (χ4n) is 3.87. The van der Waals surface area contributed by atoms with Crippen molar-refractivity contribution in [3.8, 4) is 0 Å². The first kappa shape index (κ1) is 26.1. The minimum Gasteiger partial charge on any atom is -0.330 e. The Balaban J connectivity index is 0.000000237. The van der Waals surface area contributed by atoms with E-state index in [2.05, 4.69) is 5.32 Å². The molecule has 1 N–H and O–H groups in total. The van der Waals surface area contributed by atoms with E-state index in [-0.39, 0.29) is 54.2 Å². The van der Waals surface area contributed by atoms with Crippen molar-refractivity contribution in [3.05, 3.63) is 29.8 Å². The molecule has 0 bridgehead atoms. The molecule has 1 atom stereocenters. The van der Waals surface area contributed by atoms with Crippen LogP contribution in [0.5, 0.6) is 0 Å². The molecular formula is C24H31N3O6. The molecular weight excluding hydrogens is 426 g/mol. The molecule has 1 aromatic carbocycles. The number of anilines is 1. The van der Waals surface area contributed by atoms with E-state index in [1.807, 2.05) is 24.3 Å². The smallest absolute Gasteiger partial charge is 0.234 e. The Bertz CT molecular complexity index is 906. The van der Waals surface area contributed by atoms with Crippen LogP contribution in [0, 0.1) is 0 Å². The Morgan fingerprint density at radius 1 is 0.848 bits per heavy atom. The van der Waals surface area contributed by atoms with E-state index in [1.165, 1.54) is 31.2 Å². The summed E-state index contributed by atoms with van der Waals surface area (Å²) >= 11 is 0. The first-order valence-corrected chi connectivity index (χ1v) is 11.0. The van der Waals surface area contributed by atoms with E-state index in [1.54, 1.807) is 4.90 Å². The molecule has 0 aliphatic carbocycles. The number of benzene rings is 1. The lowest BCUT2D eigenvalue weighted by molar-refractivity contribution is -0.143. The van der Waals surface area contributed by atoms with Gasteiger partial charge in [-0.25, -0.2) is 0 Å². The second kappa shape index (κ2) is 12.2. The highest BCUT2D eigenvalue weighted by Gasteiger charge is 2.32. The highest BCUT2D eigenvalue weighted by Crippen LogP contribution is 2.27. The Morgan fingerprint density at radius 3 is 2.09 bits per heavy atom. The van der Waals surface area contributed by atoms with Crippen molar-refractivity contribution in [1.29, 1.82) is 0 Å². The Morgan fingerprint density at radius 2 is 1.45 bits per heavy atom. The lowest BCUT2D eigenvalue weighted by Gasteiger charge is -2.35. The molecule has 0 aromatic heterocycles. The third-order valence-electron chi connectivity index (χ3n) is 5.35. The van der Waals surface area contributed by atoms with Crippen molar-refractivity contribution in [2.45, 2.75) is 52.5 Å². The molecule has 2 aliphatic rings. The molecule has 1 unspecified atom stereocenters. The summed E-state index contributed by atoms with van der Waals surface area (Å²) in [5.74, 6) is -1.23. The second-order valence-corrected chi connectivity index (χ2v) is 8.33. The van der Waals surface area contributed by atoms with Crippen LogP contribution in [0.15, 0.2) is 24.3 Å². The summed E-state index contributed by atoms with van der Waals surface area (Å²) in [6, 6.07) is 7.21. The molecule has 178 valence electrons. The summed E-state index contributed by atoms with van der Waals surface area (Å²) in [5, 5.41) is 3.02. The highest BCUT2D eigenvalue weighted by atomic mass is 16.2. The number of para-hydroxylation sites is 1. The highest BCUT2D eigenvalue weighted by molar-refractivity contribution is 6.06. The summed E-state index contributed by atoms with van der Waals surface area (Å²) in [6.07, 6.45) is 0.536. The van der Waals surface area contributed by atoms with Crippen LogP contribution in [0.25, 0.3) is 0 Å². The van der Waals surface area contributed by atoms with Crippen LogP contribution in [-0.4, -0.2) is 72.1 Å². The standard InChI is InChI=1S/C12H18N2O4.C12H13NO2/c1-8(15)5-11(17)10-7-13-3-4-14(10)12(18)6-9(2)16;1-9(14)8-12(15)13-7-6-10-4-2-3-5-11(10)13/h10,13H,3-7H2,1-2H3;2-5H,6-8H2,1H3. The number of rotatable bonds is 7. The summed E-state index contributed by atoms with van der Waals surface area (Å²) < 4.78 is 0. The minimum atomic E-state index is -0.630. The molecule has 9 heteroatoms. The lowest BCUT2D eigenvalue weighted by Crippen LogP contribution is -2.57. The predicted molar refractivity (Wildman–Crippen MR) is 122 cm³/mol. The van der Waals surface area contributed by atoms with Crippen molar-refractivity contribution in [3.63, 3.8) is 0 Å². The van der Waals surface area contributed by atoms with Crippen molar-refractivity contribution >= 4 is 40.6 Å². The number of fused-ring (bicyclic) bond motifs is 1. The molecule has 9 nitrogen and oxygen atoms in total. The monoisotopic (exact) mass is 457 g/mol. The third-order valence-corrected chi connectivity index (χ3v) is 5.35. The summed E-state index contributed by atoms with van der Waals surface area (Å²) in [4.78, 5) is 71.3. The van der Waals surface area contributed by atoms with Crippen molar-refractivity contribution in [2.24, 2.45) is 0 Å². The zero-order valence-electron chi connectivity index (χ0n) is 19.4. The molecule has 0 saturated carbocycles. The summed E-state index contributed by atoms with van der Waals surface area (Å²) in [6.45, 7) is 6.15. The summed E-state index contributed by atoms with van der Waals surface area (Å²) in [7, 11) is 0. The molecule has 2 heterocycles. The number of carbonyl (C=O) groups excluding carboxylic acids is 6. The van der Waals surface area contributed by atoms with Crippen LogP contribution < -0.4 is 10.2 Å². The van der Waals surface area contributed by atoms with Gasteiger partial charge in [0, 0.05) is 31.9 Å². The van der Waals surface area contributed by atoms with Gasteiger partial charge in [0.1, 0.15) is 23.4 Å². The maximum absolute atomic E-state index is 11.9. The zero-order valence-corrected chi connectivity index (χ0v) is 19.4. The van der Waals surface area contributed by atoms with Gasteiger partial charge in [-0.3, -0.25) is 28.8 Å². The number of hydrogen-bond donors (Lipinski definition) is 1. The number of nitrogens with zero attached hydrogens (tertiary/aromatic N) is 2. The Hall–Kier alpha value is -3.20. The number of amides is 2. The van der Waals surface area contributed by atoms with E-state index >= 15 is 0 Å². The van der Waals surface area contributed by atoms with Crippen LogP contribution in [0.3, 0.4) is 0 Å². The molecule has 0 radical (unpaired) electrons. The van der Waals surface area contributed by atoms with Crippen LogP contribution in [0.1, 0.15) is 45.6 Å². The minimum absolute atomic E-state index is 0.00827. The second-order valence-electron chi connectivity index (χ2n) is 8.33. The lowest BCUT2D eigenvalue weighted by atomic mass is 10.0. The van der Waals surface area contributed by atoms with Crippen LogP contribution in [0.2, 0.25) is 0 Å². The van der Waals surface area contributed by atoms with Gasteiger partial charge in [-0.05, 0) is 38.8 Å². The summed E-state index contributed by atoms with van der Waals surface area (Å²) in [5.41, 5.74) is 2.15. The van der Waals surface area contributed by atoms with Gasteiger partial charge in [0.15, 0.2) is 5.78 Å². The third kappa shape index (κ3) is 7.71. The SMILES string of the molecule is CC(=O)CC(=O)C1CNCCN1C(=O)CC(C)=O.CC(=O)CC(=O)N1CCc2ccccc21. The predicted octanol–water partition coefficient (Wildman–Crippen LogP) is 0.869. The first-order valence-electron chi connectivity index (χ1n) is 11.0. The van der Waals surface area contributed by atoms with E-state index < -0.39 is 6.04 Å². The van der Waals surface area contributed by atoms with E-state index in [4.69, 9.17) is 0 Å². The van der Waals surface area contributed by atoms with Crippen LogP contribution in [0.4, 0.5) is 5.69 Å². The number of ketones is 4. The molecule has 1 aromatic rings. The zero-order chi connectivity index (χ0) is 24.5. The van der Waals surface area contributed by atoms with Gasteiger partial charge in [-0.15, -0.1) is 0 Å². The fourth-order valence-corrected chi connectivity index (χ4v) is 3.87. The van der Waals surface area contributed by atoms with Gasteiger partial charge in [0.2, 0.25) is 11.8 Å². The van der Waals surface area contributed by atoms with Crippen molar-refractivity contribution in [2.75, 3.05) is 31.1 Å². The molecule has 33 heavy (non-hydrogen) atoms. The topological polar surface area (TPSA) is 121 Å². The molecule has 1 fully saturated rings. The molecule has 3 rings (SSSR count). The fraction of sp³-hybridized carbons (Fsp3) is 0.500.